The molecule has 3 atom stereocenters. The first-order chi connectivity index (χ1) is 13.7. The molecular weight excluding hydrogens is 410 g/mol. The van der Waals surface area contributed by atoms with Crippen LogP contribution in [0.15, 0.2) is 18.5 Å². The van der Waals surface area contributed by atoms with Crippen LogP contribution >= 0.6 is 23.7 Å². The molecule has 1 N–H and O–H groups in total. The Morgan fingerprint density at radius 2 is 2.03 bits per heavy atom. The van der Waals surface area contributed by atoms with Gasteiger partial charge >= 0.3 is 0 Å². The summed E-state index contributed by atoms with van der Waals surface area (Å²) in [6, 6.07) is 2.85. The van der Waals surface area contributed by atoms with Gasteiger partial charge in [-0.1, -0.05) is 6.92 Å². The fraction of sp³-hybridized carbons (Fsp3) is 0.600. The van der Waals surface area contributed by atoms with E-state index in [1.165, 1.54) is 24.2 Å². The zero-order chi connectivity index (χ0) is 19.1. The lowest BCUT2D eigenvalue weighted by Gasteiger charge is -2.47. The topological polar surface area (TPSA) is 80.2 Å². The van der Waals surface area contributed by atoms with E-state index in [4.69, 9.17) is 4.74 Å². The second-order valence-corrected chi connectivity index (χ2v) is 9.02. The summed E-state index contributed by atoms with van der Waals surface area (Å²) in [4.78, 5) is 29.3. The van der Waals surface area contributed by atoms with Crippen LogP contribution in [0.4, 0.5) is 0 Å². The van der Waals surface area contributed by atoms with Gasteiger partial charge in [-0.15, -0.1) is 23.7 Å². The van der Waals surface area contributed by atoms with Crippen molar-refractivity contribution in [3.63, 3.8) is 0 Å². The molecule has 1 unspecified atom stereocenters. The number of fused-ring (bicyclic) bond motifs is 2. The van der Waals surface area contributed by atoms with Crippen LogP contribution in [0.1, 0.15) is 48.0 Å². The molecule has 0 aromatic carbocycles. The average Bonchev–Trinajstić information content (AvgIpc) is 3.31. The highest BCUT2D eigenvalue weighted by Gasteiger charge is 2.47. The Labute approximate surface area is 180 Å². The number of aryl methyl sites for hydroxylation is 1. The summed E-state index contributed by atoms with van der Waals surface area (Å²) in [7, 11) is 0. The van der Waals surface area contributed by atoms with Gasteiger partial charge in [0.25, 0.3) is 5.91 Å². The van der Waals surface area contributed by atoms with Crippen LogP contribution in [0, 0.1) is 0 Å². The number of hydrogen-bond acceptors (Lipinski definition) is 7. The van der Waals surface area contributed by atoms with Gasteiger partial charge in [-0.05, 0) is 38.2 Å². The number of amides is 1. The second-order valence-electron chi connectivity index (χ2n) is 8.03. The van der Waals surface area contributed by atoms with Crippen molar-refractivity contribution in [2.45, 2.75) is 56.7 Å². The third kappa shape index (κ3) is 3.91. The number of aromatic nitrogens is 3. The predicted molar refractivity (Wildman–Crippen MR) is 114 cm³/mol. The SMILES string of the molecule is CCc1nc(-c2ncccn2)sc1C(=O)N1CCOC2(C[C@H]3CC[C@@H](C2)N3)C1.Cl. The molecule has 1 spiro atoms. The monoisotopic (exact) mass is 435 g/mol. The number of morpholine rings is 1. The van der Waals surface area contributed by atoms with Gasteiger partial charge in [-0.3, -0.25) is 4.79 Å². The van der Waals surface area contributed by atoms with Crippen LogP contribution in [-0.2, 0) is 11.2 Å². The molecular formula is C20H26ClN5O2S. The first-order valence-corrected chi connectivity index (χ1v) is 10.9. The fourth-order valence-corrected chi connectivity index (χ4v) is 5.95. The third-order valence-corrected chi connectivity index (χ3v) is 7.17. The minimum absolute atomic E-state index is 0. The molecule has 5 heterocycles. The second kappa shape index (κ2) is 8.26. The average molecular weight is 436 g/mol. The Kier molecular flexibility index (Phi) is 5.88. The predicted octanol–water partition coefficient (Wildman–Crippen LogP) is 2.71. The van der Waals surface area contributed by atoms with Gasteiger partial charge in [0.1, 0.15) is 4.88 Å². The molecule has 3 saturated heterocycles. The largest absolute Gasteiger partial charge is 0.371 e. The Bertz CT molecular complexity index is 865. The zero-order valence-electron chi connectivity index (χ0n) is 16.5. The van der Waals surface area contributed by atoms with Crippen molar-refractivity contribution in [1.82, 2.24) is 25.2 Å². The first-order valence-electron chi connectivity index (χ1n) is 10.1. The van der Waals surface area contributed by atoms with Crippen LogP contribution in [0.5, 0.6) is 0 Å². The number of carbonyl (C=O) groups excluding carboxylic acids is 1. The number of hydrogen-bond donors (Lipinski definition) is 1. The molecule has 1 amide bonds. The van der Waals surface area contributed by atoms with Crippen LogP contribution < -0.4 is 5.32 Å². The van der Waals surface area contributed by atoms with E-state index < -0.39 is 0 Å². The summed E-state index contributed by atoms with van der Waals surface area (Å²) in [5, 5.41) is 4.38. The summed E-state index contributed by atoms with van der Waals surface area (Å²) < 4.78 is 6.27. The first kappa shape index (κ1) is 20.7. The van der Waals surface area contributed by atoms with Crippen molar-refractivity contribution < 1.29 is 9.53 Å². The summed E-state index contributed by atoms with van der Waals surface area (Å²) in [5.74, 6) is 0.653. The maximum absolute atomic E-state index is 13.4. The van der Waals surface area contributed by atoms with Crippen molar-refractivity contribution in [3.05, 3.63) is 29.0 Å². The standard InChI is InChI=1S/C20H25N5O2S.ClH/c1-2-15-16(28-18(24-15)17-21-6-3-7-22-17)19(26)25-8-9-27-20(12-25)10-13-4-5-14(11-20)23-13;/h3,6-7,13-14,23H,2,4-5,8-12H2,1H3;1H/t13-,14+,20?;. The fourth-order valence-electron chi connectivity index (χ4n) is 4.88. The Hall–Kier alpha value is -1.61. The number of nitrogens with one attached hydrogen (secondary N) is 1. The van der Waals surface area contributed by atoms with E-state index in [0.29, 0.717) is 49.0 Å². The van der Waals surface area contributed by atoms with Crippen molar-refractivity contribution >= 4 is 29.7 Å². The molecule has 3 fully saturated rings. The van der Waals surface area contributed by atoms with Crippen molar-refractivity contribution in [2.75, 3.05) is 19.7 Å². The van der Waals surface area contributed by atoms with Gasteiger partial charge in [0.05, 0.1) is 24.4 Å². The molecule has 3 aliphatic rings. The van der Waals surface area contributed by atoms with E-state index in [-0.39, 0.29) is 23.9 Å². The molecule has 7 nitrogen and oxygen atoms in total. The van der Waals surface area contributed by atoms with Gasteiger partial charge < -0.3 is 15.0 Å². The third-order valence-electron chi connectivity index (χ3n) is 6.09. The van der Waals surface area contributed by atoms with Crippen LogP contribution in [0.25, 0.3) is 10.8 Å². The highest BCUT2D eigenvalue weighted by atomic mass is 35.5. The molecule has 2 aromatic rings. The lowest BCUT2D eigenvalue weighted by atomic mass is 9.85. The molecule has 2 bridgehead atoms. The Balaban J connectivity index is 0.00000205. The smallest absolute Gasteiger partial charge is 0.266 e. The van der Waals surface area contributed by atoms with E-state index in [0.717, 1.165) is 23.4 Å². The van der Waals surface area contributed by atoms with Crippen LogP contribution in [-0.4, -0.2) is 63.1 Å². The van der Waals surface area contributed by atoms with Gasteiger partial charge in [0.2, 0.25) is 0 Å². The van der Waals surface area contributed by atoms with E-state index >= 15 is 0 Å². The van der Waals surface area contributed by atoms with Crippen LogP contribution in [0.3, 0.4) is 0 Å². The minimum atomic E-state index is -0.187. The summed E-state index contributed by atoms with van der Waals surface area (Å²) >= 11 is 1.41. The van der Waals surface area contributed by atoms with E-state index in [9.17, 15) is 4.79 Å². The van der Waals surface area contributed by atoms with Gasteiger partial charge in [0, 0.05) is 31.0 Å². The lowest BCUT2D eigenvalue weighted by molar-refractivity contribution is -0.122. The van der Waals surface area contributed by atoms with Crippen molar-refractivity contribution in [2.24, 2.45) is 0 Å². The lowest BCUT2D eigenvalue weighted by Crippen LogP contribution is -2.60. The minimum Gasteiger partial charge on any atom is -0.371 e. The van der Waals surface area contributed by atoms with E-state index in [2.05, 4.69) is 20.3 Å². The van der Waals surface area contributed by atoms with Crippen LogP contribution in [0.2, 0.25) is 0 Å². The van der Waals surface area contributed by atoms with Gasteiger partial charge in [-0.2, -0.15) is 0 Å². The highest BCUT2D eigenvalue weighted by Crippen LogP contribution is 2.39. The normalized spacial score (nSPS) is 28.4. The summed E-state index contributed by atoms with van der Waals surface area (Å²) in [6.07, 6.45) is 8.56. The number of ether oxygens (including phenoxy) is 1. The Morgan fingerprint density at radius 3 is 2.72 bits per heavy atom. The summed E-state index contributed by atoms with van der Waals surface area (Å²) in [6.45, 7) is 3.97. The molecule has 156 valence electrons. The number of piperidine rings is 1. The zero-order valence-corrected chi connectivity index (χ0v) is 18.1. The molecule has 2 aromatic heterocycles. The van der Waals surface area contributed by atoms with Gasteiger partial charge in [0.15, 0.2) is 10.8 Å². The van der Waals surface area contributed by atoms with E-state index in [1.54, 1.807) is 18.5 Å². The number of thiazole rings is 1. The molecule has 0 saturated carbocycles. The summed E-state index contributed by atoms with van der Waals surface area (Å²) in [5.41, 5.74) is 0.649. The maximum atomic E-state index is 13.4. The van der Waals surface area contributed by atoms with Crippen molar-refractivity contribution in [3.8, 4) is 10.8 Å². The highest BCUT2D eigenvalue weighted by molar-refractivity contribution is 7.17. The number of halogens is 1. The number of carbonyl (C=O) groups is 1. The molecule has 0 aliphatic carbocycles. The quantitative estimate of drug-likeness (QED) is 0.798. The molecule has 0 radical (unpaired) electrons. The molecule has 5 rings (SSSR count). The van der Waals surface area contributed by atoms with E-state index in [1.807, 2.05) is 11.8 Å². The number of rotatable bonds is 3. The molecule has 3 aliphatic heterocycles. The molecule has 9 heteroatoms. The van der Waals surface area contributed by atoms with Crippen molar-refractivity contribution in [1.29, 1.82) is 0 Å². The Morgan fingerprint density at radius 1 is 1.31 bits per heavy atom. The molecule has 29 heavy (non-hydrogen) atoms. The number of nitrogens with zero attached hydrogens (tertiary/aromatic N) is 4. The van der Waals surface area contributed by atoms with Gasteiger partial charge in [-0.25, -0.2) is 15.0 Å². The maximum Gasteiger partial charge on any atom is 0.266 e.